The van der Waals surface area contributed by atoms with Crippen molar-refractivity contribution in [2.24, 2.45) is 5.92 Å². The van der Waals surface area contributed by atoms with E-state index in [9.17, 15) is 9.59 Å². The Balaban J connectivity index is 2.32. The first kappa shape index (κ1) is 14.9. The highest BCUT2D eigenvalue weighted by molar-refractivity contribution is 5.93. The first-order valence-corrected chi connectivity index (χ1v) is 6.05. The summed E-state index contributed by atoms with van der Waals surface area (Å²) in [6, 6.07) is 3.24. The van der Waals surface area contributed by atoms with E-state index in [1.807, 2.05) is 0 Å². The Morgan fingerprint density at radius 3 is 2.74 bits per heavy atom. The maximum absolute atomic E-state index is 11.7. The number of hydrogen-bond acceptors (Lipinski definition) is 4. The molecule has 0 saturated heterocycles. The SMILES string of the molecule is COc1ccc(C(=O)NCCCC(C)C(=O)O)cn1. The molecule has 1 amide bonds. The van der Waals surface area contributed by atoms with E-state index in [0.717, 1.165) is 0 Å². The van der Waals surface area contributed by atoms with Crippen LogP contribution in [0.25, 0.3) is 0 Å². The van der Waals surface area contributed by atoms with Crippen molar-refractivity contribution in [3.63, 3.8) is 0 Å². The standard InChI is InChI=1S/C13H18N2O4/c1-9(13(17)18)4-3-7-14-12(16)10-5-6-11(19-2)15-8-10/h5-6,8-9H,3-4,7H2,1-2H3,(H,14,16)(H,17,18). The van der Waals surface area contributed by atoms with Crippen LogP contribution in [0.5, 0.6) is 5.88 Å². The summed E-state index contributed by atoms with van der Waals surface area (Å²) in [6.45, 7) is 2.10. The van der Waals surface area contributed by atoms with Gasteiger partial charge in [-0.05, 0) is 18.9 Å². The van der Waals surface area contributed by atoms with Gasteiger partial charge in [0.25, 0.3) is 5.91 Å². The predicted octanol–water partition coefficient (Wildman–Crippen LogP) is 1.32. The minimum absolute atomic E-state index is 0.224. The Hall–Kier alpha value is -2.11. The number of pyridine rings is 1. The summed E-state index contributed by atoms with van der Waals surface area (Å²) in [5.41, 5.74) is 0.451. The first-order chi connectivity index (χ1) is 9.04. The van der Waals surface area contributed by atoms with Gasteiger partial charge in [0.1, 0.15) is 0 Å². The molecule has 0 aliphatic rings. The summed E-state index contributed by atoms with van der Waals surface area (Å²) < 4.78 is 4.90. The number of carboxylic acids is 1. The second kappa shape index (κ2) is 7.35. The molecule has 0 radical (unpaired) electrons. The zero-order chi connectivity index (χ0) is 14.3. The van der Waals surface area contributed by atoms with Gasteiger partial charge in [-0.25, -0.2) is 4.98 Å². The zero-order valence-electron chi connectivity index (χ0n) is 11.0. The van der Waals surface area contributed by atoms with Gasteiger partial charge in [-0.15, -0.1) is 0 Å². The van der Waals surface area contributed by atoms with E-state index in [1.165, 1.54) is 13.3 Å². The van der Waals surface area contributed by atoms with Crippen molar-refractivity contribution in [2.45, 2.75) is 19.8 Å². The average Bonchev–Trinajstić information content (AvgIpc) is 2.43. The monoisotopic (exact) mass is 266 g/mol. The minimum Gasteiger partial charge on any atom is -0.481 e. The van der Waals surface area contributed by atoms with E-state index in [0.29, 0.717) is 30.8 Å². The maximum atomic E-state index is 11.7. The van der Waals surface area contributed by atoms with Gasteiger partial charge in [0.2, 0.25) is 5.88 Å². The lowest BCUT2D eigenvalue weighted by atomic mass is 10.1. The maximum Gasteiger partial charge on any atom is 0.306 e. The average molecular weight is 266 g/mol. The number of carboxylic acid groups (broad SMARTS) is 1. The fourth-order valence-corrected chi connectivity index (χ4v) is 1.47. The molecule has 0 aliphatic heterocycles. The molecule has 2 N–H and O–H groups in total. The fraction of sp³-hybridized carbons (Fsp3) is 0.462. The van der Waals surface area contributed by atoms with Crippen LogP contribution in [0.2, 0.25) is 0 Å². The highest BCUT2D eigenvalue weighted by atomic mass is 16.5. The minimum atomic E-state index is -0.814. The summed E-state index contributed by atoms with van der Waals surface area (Å²) >= 11 is 0. The van der Waals surface area contributed by atoms with E-state index in [4.69, 9.17) is 9.84 Å². The summed E-state index contributed by atoms with van der Waals surface area (Å²) in [5.74, 6) is -0.977. The third-order valence-corrected chi connectivity index (χ3v) is 2.73. The Kier molecular flexibility index (Phi) is 5.78. The van der Waals surface area contributed by atoms with Crippen LogP contribution in [0.1, 0.15) is 30.1 Å². The molecule has 0 bridgehead atoms. The molecule has 19 heavy (non-hydrogen) atoms. The smallest absolute Gasteiger partial charge is 0.306 e. The first-order valence-electron chi connectivity index (χ1n) is 6.05. The largest absolute Gasteiger partial charge is 0.481 e. The molecule has 1 aromatic rings. The second-order valence-corrected chi connectivity index (χ2v) is 4.23. The Labute approximate surface area is 111 Å². The fourth-order valence-electron chi connectivity index (χ4n) is 1.47. The van der Waals surface area contributed by atoms with E-state index >= 15 is 0 Å². The Morgan fingerprint density at radius 2 is 2.21 bits per heavy atom. The van der Waals surface area contributed by atoms with Crippen molar-refractivity contribution in [2.75, 3.05) is 13.7 Å². The van der Waals surface area contributed by atoms with Crippen molar-refractivity contribution in [1.82, 2.24) is 10.3 Å². The van der Waals surface area contributed by atoms with E-state index in [2.05, 4.69) is 10.3 Å². The highest BCUT2D eigenvalue weighted by Crippen LogP contribution is 2.07. The zero-order valence-corrected chi connectivity index (χ0v) is 11.0. The third-order valence-electron chi connectivity index (χ3n) is 2.73. The van der Waals surface area contributed by atoms with Crippen molar-refractivity contribution in [3.05, 3.63) is 23.9 Å². The lowest BCUT2D eigenvalue weighted by Crippen LogP contribution is -2.25. The number of carbonyl (C=O) groups excluding carboxylic acids is 1. The van der Waals surface area contributed by atoms with Crippen molar-refractivity contribution in [1.29, 1.82) is 0 Å². The topological polar surface area (TPSA) is 88.5 Å². The molecule has 0 aromatic carbocycles. The molecule has 6 heteroatoms. The van der Waals surface area contributed by atoms with Crippen LogP contribution in [0.3, 0.4) is 0 Å². The van der Waals surface area contributed by atoms with Crippen LogP contribution in [0, 0.1) is 5.92 Å². The number of aliphatic carboxylic acids is 1. The number of aromatic nitrogens is 1. The number of nitrogens with one attached hydrogen (secondary N) is 1. The number of methoxy groups -OCH3 is 1. The molecule has 0 spiro atoms. The molecular weight excluding hydrogens is 248 g/mol. The molecule has 0 fully saturated rings. The molecule has 6 nitrogen and oxygen atoms in total. The molecule has 104 valence electrons. The van der Waals surface area contributed by atoms with Gasteiger partial charge in [-0.1, -0.05) is 6.92 Å². The lowest BCUT2D eigenvalue weighted by molar-refractivity contribution is -0.141. The van der Waals surface area contributed by atoms with Crippen LogP contribution < -0.4 is 10.1 Å². The molecule has 0 saturated carbocycles. The van der Waals surface area contributed by atoms with Gasteiger partial charge in [0.15, 0.2) is 0 Å². The second-order valence-electron chi connectivity index (χ2n) is 4.23. The Morgan fingerprint density at radius 1 is 1.47 bits per heavy atom. The number of hydrogen-bond donors (Lipinski definition) is 2. The highest BCUT2D eigenvalue weighted by Gasteiger charge is 2.10. The van der Waals surface area contributed by atoms with Crippen molar-refractivity contribution >= 4 is 11.9 Å². The van der Waals surface area contributed by atoms with E-state index in [1.54, 1.807) is 19.1 Å². The quantitative estimate of drug-likeness (QED) is 0.727. The van der Waals surface area contributed by atoms with Gasteiger partial charge in [-0.2, -0.15) is 0 Å². The van der Waals surface area contributed by atoms with Gasteiger partial charge < -0.3 is 15.2 Å². The summed E-state index contributed by atoms with van der Waals surface area (Å²) in [6.07, 6.45) is 2.60. The number of nitrogens with zero attached hydrogens (tertiary/aromatic N) is 1. The summed E-state index contributed by atoms with van der Waals surface area (Å²) in [4.78, 5) is 26.3. The van der Waals surface area contributed by atoms with Crippen LogP contribution in [-0.2, 0) is 4.79 Å². The number of carbonyl (C=O) groups is 2. The summed E-state index contributed by atoms with van der Waals surface area (Å²) in [7, 11) is 1.51. The number of amides is 1. The van der Waals surface area contributed by atoms with Crippen molar-refractivity contribution in [3.8, 4) is 5.88 Å². The molecular formula is C13H18N2O4. The molecule has 1 unspecified atom stereocenters. The molecule has 1 heterocycles. The number of ether oxygens (including phenoxy) is 1. The normalized spacial score (nSPS) is 11.7. The third kappa shape index (κ3) is 4.95. The van der Waals surface area contributed by atoms with Gasteiger partial charge in [0.05, 0.1) is 18.6 Å². The number of rotatable bonds is 7. The van der Waals surface area contributed by atoms with Gasteiger partial charge >= 0.3 is 5.97 Å². The molecule has 0 aliphatic carbocycles. The van der Waals surface area contributed by atoms with Crippen molar-refractivity contribution < 1.29 is 19.4 Å². The predicted molar refractivity (Wildman–Crippen MR) is 69.2 cm³/mol. The van der Waals surface area contributed by atoms with E-state index in [-0.39, 0.29) is 11.8 Å². The van der Waals surface area contributed by atoms with Crippen LogP contribution in [-0.4, -0.2) is 35.6 Å². The van der Waals surface area contributed by atoms with Gasteiger partial charge in [0, 0.05) is 18.8 Å². The van der Waals surface area contributed by atoms with Crippen LogP contribution in [0.15, 0.2) is 18.3 Å². The van der Waals surface area contributed by atoms with Crippen LogP contribution in [0.4, 0.5) is 0 Å². The van der Waals surface area contributed by atoms with E-state index < -0.39 is 5.97 Å². The van der Waals surface area contributed by atoms with Gasteiger partial charge in [-0.3, -0.25) is 9.59 Å². The summed E-state index contributed by atoms with van der Waals surface area (Å²) in [5, 5.41) is 11.4. The molecule has 1 aromatic heterocycles. The van der Waals surface area contributed by atoms with Crippen LogP contribution >= 0.6 is 0 Å². The lowest BCUT2D eigenvalue weighted by Gasteiger charge is -2.07. The molecule has 1 atom stereocenters. The Bertz CT molecular complexity index is 431. The molecule has 1 rings (SSSR count).